The summed E-state index contributed by atoms with van der Waals surface area (Å²) < 4.78 is 34.0. The van der Waals surface area contributed by atoms with E-state index in [1.54, 1.807) is 14.0 Å². The summed E-state index contributed by atoms with van der Waals surface area (Å²) in [6.07, 6.45) is 0.945. The number of nitrogens with two attached hydrogens (primary N) is 1. The van der Waals surface area contributed by atoms with Gasteiger partial charge in [0, 0.05) is 26.1 Å². The lowest BCUT2D eigenvalue weighted by Gasteiger charge is -2.14. The van der Waals surface area contributed by atoms with E-state index in [9.17, 15) is 8.42 Å². The lowest BCUT2D eigenvalue weighted by molar-refractivity contribution is 0.107. The lowest BCUT2D eigenvalue weighted by Crippen LogP contribution is -2.32. The Morgan fingerprint density at radius 2 is 2.26 bits per heavy atom. The van der Waals surface area contributed by atoms with Gasteiger partial charge in [0.25, 0.3) is 0 Å². The number of sulfonamides is 1. The molecule has 0 radical (unpaired) electrons. The van der Waals surface area contributed by atoms with Crippen LogP contribution in [-0.2, 0) is 21.8 Å². The van der Waals surface area contributed by atoms with Crippen LogP contribution in [0.3, 0.4) is 0 Å². The Balaban J connectivity index is 2.14. The molecule has 0 amide bonds. The van der Waals surface area contributed by atoms with Gasteiger partial charge in [-0.1, -0.05) is 0 Å². The monoisotopic (exact) mass is 288 g/mol. The summed E-state index contributed by atoms with van der Waals surface area (Å²) in [5.41, 5.74) is 6.19. The van der Waals surface area contributed by atoms with Gasteiger partial charge in [-0.05, 0) is 20.3 Å². The molecule has 1 aromatic heterocycles. The van der Waals surface area contributed by atoms with Gasteiger partial charge in [-0.3, -0.25) is 4.68 Å². The first-order valence-corrected chi connectivity index (χ1v) is 7.71. The summed E-state index contributed by atoms with van der Waals surface area (Å²) in [6, 6.07) is 0. The predicted octanol–water partition coefficient (Wildman–Crippen LogP) is 0.0140. The Morgan fingerprint density at radius 3 is 2.74 bits per heavy atom. The highest BCUT2D eigenvalue weighted by Gasteiger charge is 2.29. The summed E-state index contributed by atoms with van der Waals surface area (Å²) in [5, 5.41) is 3.92. The summed E-state index contributed by atoms with van der Waals surface area (Å²) in [6.45, 7) is 4.67. The van der Waals surface area contributed by atoms with E-state index in [4.69, 9.17) is 10.5 Å². The Labute approximate surface area is 113 Å². The fourth-order valence-corrected chi connectivity index (χ4v) is 3.69. The molecule has 1 aliphatic heterocycles. The molecular formula is C11H20N4O3S. The van der Waals surface area contributed by atoms with E-state index in [0.29, 0.717) is 18.8 Å². The van der Waals surface area contributed by atoms with Gasteiger partial charge in [0.15, 0.2) is 5.82 Å². The van der Waals surface area contributed by atoms with Gasteiger partial charge < -0.3 is 10.5 Å². The molecule has 7 nitrogen and oxygen atoms in total. The molecule has 8 heteroatoms. The molecule has 3 N–H and O–H groups in total. The van der Waals surface area contributed by atoms with Crippen molar-refractivity contribution in [2.45, 2.75) is 31.3 Å². The van der Waals surface area contributed by atoms with Gasteiger partial charge in [0.1, 0.15) is 4.90 Å². The Morgan fingerprint density at radius 1 is 1.58 bits per heavy atom. The van der Waals surface area contributed by atoms with Gasteiger partial charge in [-0.2, -0.15) is 5.10 Å². The number of aromatic nitrogens is 2. The van der Waals surface area contributed by atoms with Crippen LogP contribution < -0.4 is 10.5 Å². The van der Waals surface area contributed by atoms with Crippen molar-refractivity contribution in [3.63, 3.8) is 0 Å². The first kappa shape index (κ1) is 14.3. The van der Waals surface area contributed by atoms with Crippen LogP contribution in [0, 0.1) is 12.8 Å². The van der Waals surface area contributed by atoms with Crippen molar-refractivity contribution < 1.29 is 13.2 Å². The number of ether oxygens (including phenoxy) is 1. The summed E-state index contributed by atoms with van der Waals surface area (Å²) >= 11 is 0. The molecule has 1 saturated heterocycles. The van der Waals surface area contributed by atoms with Crippen molar-refractivity contribution in [1.82, 2.24) is 14.5 Å². The summed E-state index contributed by atoms with van der Waals surface area (Å²) in [5.74, 6) is 0.233. The maximum absolute atomic E-state index is 12.3. The van der Waals surface area contributed by atoms with Crippen LogP contribution in [0.15, 0.2) is 4.90 Å². The second-order valence-electron chi connectivity index (χ2n) is 4.90. The Hall–Kier alpha value is -1.12. The highest BCUT2D eigenvalue weighted by atomic mass is 32.2. The predicted molar refractivity (Wildman–Crippen MR) is 71.1 cm³/mol. The van der Waals surface area contributed by atoms with Crippen molar-refractivity contribution in [3.8, 4) is 0 Å². The van der Waals surface area contributed by atoms with E-state index in [0.717, 1.165) is 6.42 Å². The smallest absolute Gasteiger partial charge is 0.246 e. The number of anilines is 1. The Kier molecular flexibility index (Phi) is 3.84. The largest absolute Gasteiger partial charge is 0.381 e. The number of nitrogens with one attached hydrogen (secondary N) is 1. The number of nitrogens with zero attached hydrogens (tertiary/aromatic N) is 2. The Bertz CT molecular complexity index is 567. The van der Waals surface area contributed by atoms with Crippen molar-refractivity contribution in [3.05, 3.63) is 5.69 Å². The topological polar surface area (TPSA) is 99.2 Å². The van der Waals surface area contributed by atoms with E-state index in [-0.39, 0.29) is 22.7 Å². The van der Waals surface area contributed by atoms with E-state index in [1.165, 1.54) is 4.68 Å². The second-order valence-corrected chi connectivity index (χ2v) is 6.60. The third kappa shape index (κ3) is 2.75. The standard InChI is InChI=1S/C11H20N4O3S/c1-7-10(11(12)14-15(7)3)19(16,17)13-6-9-4-5-18-8(9)2/h8-9,13H,4-6H2,1-3H3,(H2,12,14). The number of aryl methyl sites for hydroxylation is 1. The van der Waals surface area contributed by atoms with Crippen LogP contribution in [0.1, 0.15) is 19.0 Å². The van der Waals surface area contributed by atoms with Gasteiger partial charge in [0.05, 0.1) is 11.8 Å². The molecule has 0 aliphatic carbocycles. The number of rotatable bonds is 4. The molecule has 0 spiro atoms. The molecule has 1 aromatic rings. The van der Waals surface area contributed by atoms with Crippen LogP contribution in [0.2, 0.25) is 0 Å². The van der Waals surface area contributed by atoms with Crippen molar-refractivity contribution >= 4 is 15.8 Å². The molecule has 2 rings (SSSR count). The molecule has 19 heavy (non-hydrogen) atoms. The molecule has 2 atom stereocenters. The first-order chi connectivity index (χ1) is 8.83. The number of hydrogen-bond acceptors (Lipinski definition) is 5. The highest BCUT2D eigenvalue weighted by Crippen LogP contribution is 2.23. The minimum absolute atomic E-state index is 0.0308. The molecular weight excluding hydrogens is 268 g/mol. The number of nitrogen functional groups attached to an aromatic ring is 1. The van der Waals surface area contributed by atoms with Crippen LogP contribution >= 0.6 is 0 Å². The minimum atomic E-state index is -3.63. The molecule has 108 valence electrons. The quantitative estimate of drug-likeness (QED) is 0.813. The zero-order valence-corrected chi connectivity index (χ0v) is 12.2. The maximum atomic E-state index is 12.3. The van der Waals surface area contributed by atoms with E-state index in [1.807, 2.05) is 6.92 Å². The van der Waals surface area contributed by atoms with Gasteiger partial charge in [-0.15, -0.1) is 0 Å². The van der Waals surface area contributed by atoms with E-state index >= 15 is 0 Å². The second kappa shape index (κ2) is 5.10. The summed E-state index contributed by atoms with van der Waals surface area (Å²) in [4.78, 5) is 0.0709. The van der Waals surface area contributed by atoms with Crippen LogP contribution in [0.25, 0.3) is 0 Å². The summed E-state index contributed by atoms with van der Waals surface area (Å²) in [7, 11) is -1.96. The van der Waals surface area contributed by atoms with Gasteiger partial charge in [0.2, 0.25) is 10.0 Å². The van der Waals surface area contributed by atoms with Crippen molar-refractivity contribution in [1.29, 1.82) is 0 Å². The molecule has 2 unspecified atom stereocenters. The first-order valence-electron chi connectivity index (χ1n) is 6.23. The molecule has 0 bridgehead atoms. The zero-order chi connectivity index (χ0) is 14.2. The average Bonchev–Trinajstić information content (AvgIpc) is 2.82. The SMILES string of the molecule is Cc1c(S(=O)(=O)NCC2CCOC2C)c(N)nn1C. The van der Waals surface area contributed by atoms with E-state index in [2.05, 4.69) is 9.82 Å². The fourth-order valence-electron chi connectivity index (χ4n) is 2.28. The average molecular weight is 288 g/mol. The fraction of sp³-hybridized carbons (Fsp3) is 0.727. The van der Waals surface area contributed by atoms with Gasteiger partial charge >= 0.3 is 0 Å². The van der Waals surface area contributed by atoms with Crippen LogP contribution in [-0.4, -0.2) is 37.5 Å². The third-order valence-corrected chi connectivity index (χ3v) is 5.23. The van der Waals surface area contributed by atoms with Gasteiger partial charge in [-0.25, -0.2) is 13.1 Å². The molecule has 1 aliphatic rings. The molecule has 2 heterocycles. The highest BCUT2D eigenvalue weighted by molar-refractivity contribution is 7.89. The van der Waals surface area contributed by atoms with Crippen molar-refractivity contribution in [2.75, 3.05) is 18.9 Å². The zero-order valence-electron chi connectivity index (χ0n) is 11.4. The molecule has 0 saturated carbocycles. The maximum Gasteiger partial charge on any atom is 0.246 e. The number of hydrogen-bond donors (Lipinski definition) is 2. The van der Waals surface area contributed by atoms with Crippen LogP contribution in [0.5, 0.6) is 0 Å². The van der Waals surface area contributed by atoms with E-state index < -0.39 is 10.0 Å². The third-order valence-electron chi connectivity index (χ3n) is 3.64. The van der Waals surface area contributed by atoms with Crippen LogP contribution in [0.4, 0.5) is 5.82 Å². The molecule has 0 aromatic carbocycles. The van der Waals surface area contributed by atoms with Crippen molar-refractivity contribution in [2.24, 2.45) is 13.0 Å². The molecule has 1 fully saturated rings. The normalized spacial score (nSPS) is 23.9. The minimum Gasteiger partial charge on any atom is -0.381 e. The lowest BCUT2D eigenvalue weighted by atomic mass is 10.0.